The lowest BCUT2D eigenvalue weighted by atomic mass is 9.76. The second-order valence-electron chi connectivity index (χ2n) is 5.18. The Morgan fingerprint density at radius 2 is 2.38 bits per heavy atom. The van der Waals surface area contributed by atoms with E-state index in [1.807, 2.05) is 6.92 Å². The highest BCUT2D eigenvalue weighted by atomic mass is 16.6. The van der Waals surface area contributed by atoms with Crippen LogP contribution in [0, 0.1) is 17.3 Å². The third-order valence-corrected chi connectivity index (χ3v) is 4.17. The molecule has 1 aliphatic heterocycles. The van der Waals surface area contributed by atoms with Gasteiger partial charge in [0.05, 0.1) is 12.0 Å². The van der Waals surface area contributed by atoms with Gasteiger partial charge in [-0.3, -0.25) is 4.79 Å². The second kappa shape index (κ2) is 3.09. The van der Waals surface area contributed by atoms with E-state index in [2.05, 4.69) is 12.2 Å². The Morgan fingerprint density at radius 3 is 2.88 bits per heavy atom. The van der Waals surface area contributed by atoms with Gasteiger partial charge in [0.1, 0.15) is 6.61 Å². The van der Waals surface area contributed by atoms with Crippen molar-refractivity contribution in [2.24, 2.45) is 17.3 Å². The Kier molecular flexibility index (Phi) is 1.91. The molecule has 4 nitrogen and oxygen atoms in total. The minimum atomic E-state index is -0.474. The zero-order chi connectivity index (χ0) is 11.3. The lowest BCUT2D eigenvalue weighted by molar-refractivity contribution is -0.138. The van der Waals surface area contributed by atoms with E-state index < -0.39 is 6.09 Å². The van der Waals surface area contributed by atoms with Crippen LogP contribution in [0.5, 0.6) is 0 Å². The largest absolute Gasteiger partial charge is 0.447 e. The molecule has 0 N–H and O–H groups in total. The highest BCUT2D eigenvalue weighted by Crippen LogP contribution is 2.52. The second-order valence-corrected chi connectivity index (χ2v) is 5.18. The highest BCUT2D eigenvalue weighted by Gasteiger charge is 2.53. The summed E-state index contributed by atoms with van der Waals surface area (Å²) in [6, 6.07) is 0. The maximum absolute atomic E-state index is 12.4. The molecular formula is C12H15NO3. The quantitative estimate of drug-likeness (QED) is 0.631. The van der Waals surface area contributed by atoms with Crippen LogP contribution in [-0.2, 0) is 9.53 Å². The molecular weight excluding hydrogens is 206 g/mol. The molecule has 0 radical (unpaired) electrons. The number of hydrogen-bond donors (Lipinski definition) is 0. The molecule has 0 aromatic heterocycles. The van der Waals surface area contributed by atoms with E-state index in [0.717, 1.165) is 12.8 Å². The van der Waals surface area contributed by atoms with E-state index in [-0.39, 0.29) is 11.3 Å². The summed E-state index contributed by atoms with van der Waals surface area (Å²) in [4.78, 5) is 25.0. The van der Waals surface area contributed by atoms with Gasteiger partial charge in [0.2, 0.25) is 5.91 Å². The fourth-order valence-electron chi connectivity index (χ4n) is 3.23. The van der Waals surface area contributed by atoms with Gasteiger partial charge in [-0.25, -0.2) is 9.69 Å². The standard InChI is InChI=1S/C12H15NO3/c1-12(7-8-2-3-9(12)6-8)10(14)13-4-5-16-11(13)15/h2-3,8-9H,4-7H2,1H3/t8-,9+,12-/m1/s1. The Bertz CT molecular complexity index is 390. The molecule has 0 unspecified atom stereocenters. The van der Waals surface area contributed by atoms with Crippen LogP contribution < -0.4 is 0 Å². The normalized spacial score (nSPS) is 40.6. The number of carbonyl (C=O) groups excluding carboxylic acids is 2. The first-order valence-corrected chi connectivity index (χ1v) is 5.78. The van der Waals surface area contributed by atoms with Gasteiger partial charge in [-0.2, -0.15) is 0 Å². The van der Waals surface area contributed by atoms with Crippen molar-refractivity contribution in [3.8, 4) is 0 Å². The van der Waals surface area contributed by atoms with Gasteiger partial charge in [0.15, 0.2) is 0 Å². The van der Waals surface area contributed by atoms with Crippen LogP contribution >= 0.6 is 0 Å². The summed E-state index contributed by atoms with van der Waals surface area (Å²) < 4.78 is 4.82. The van der Waals surface area contributed by atoms with Crippen LogP contribution in [0.25, 0.3) is 0 Å². The van der Waals surface area contributed by atoms with Crippen LogP contribution in [0.2, 0.25) is 0 Å². The topological polar surface area (TPSA) is 46.6 Å². The number of imide groups is 1. The summed E-state index contributed by atoms with van der Waals surface area (Å²) in [5, 5.41) is 0. The molecule has 3 aliphatic rings. The minimum Gasteiger partial charge on any atom is -0.447 e. The first-order chi connectivity index (χ1) is 7.61. The molecule has 0 spiro atoms. The zero-order valence-electron chi connectivity index (χ0n) is 9.31. The van der Waals surface area contributed by atoms with Gasteiger partial charge in [0, 0.05) is 0 Å². The number of fused-ring (bicyclic) bond motifs is 2. The molecule has 2 amide bonds. The van der Waals surface area contributed by atoms with E-state index in [1.54, 1.807) is 0 Å². The van der Waals surface area contributed by atoms with Crippen LogP contribution in [-0.4, -0.2) is 30.1 Å². The fraction of sp³-hybridized carbons (Fsp3) is 0.667. The molecule has 1 heterocycles. The Hall–Kier alpha value is -1.32. The maximum Gasteiger partial charge on any atom is 0.416 e. The maximum atomic E-state index is 12.4. The third-order valence-electron chi connectivity index (χ3n) is 4.17. The number of amides is 2. The average molecular weight is 221 g/mol. The van der Waals surface area contributed by atoms with Gasteiger partial charge in [0.25, 0.3) is 0 Å². The van der Waals surface area contributed by atoms with Crippen LogP contribution in [0.4, 0.5) is 4.79 Å². The lowest BCUT2D eigenvalue weighted by Gasteiger charge is -2.32. The molecule has 0 aromatic rings. The van der Waals surface area contributed by atoms with Crippen molar-refractivity contribution in [3.63, 3.8) is 0 Å². The Morgan fingerprint density at radius 1 is 1.56 bits per heavy atom. The summed E-state index contributed by atoms with van der Waals surface area (Å²) in [6.45, 7) is 2.73. The number of hydrogen-bond acceptors (Lipinski definition) is 3. The predicted octanol–water partition coefficient (Wildman–Crippen LogP) is 1.57. The number of cyclic esters (lactones) is 1. The fourth-order valence-corrected chi connectivity index (χ4v) is 3.23. The molecule has 2 fully saturated rings. The number of allylic oxidation sites excluding steroid dienone is 2. The van der Waals surface area contributed by atoms with Crippen molar-refractivity contribution >= 4 is 12.0 Å². The molecule has 3 atom stereocenters. The van der Waals surface area contributed by atoms with Crippen molar-refractivity contribution < 1.29 is 14.3 Å². The van der Waals surface area contributed by atoms with Gasteiger partial charge >= 0.3 is 6.09 Å². The van der Waals surface area contributed by atoms with Gasteiger partial charge < -0.3 is 4.74 Å². The van der Waals surface area contributed by atoms with Crippen molar-refractivity contribution in [2.45, 2.75) is 19.8 Å². The predicted molar refractivity (Wildman–Crippen MR) is 56.5 cm³/mol. The molecule has 1 saturated heterocycles. The van der Waals surface area contributed by atoms with E-state index in [1.165, 1.54) is 4.90 Å². The monoisotopic (exact) mass is 221 g/mol. The van der Waals surface area contributed by atoms with Gasteiger partial charge in [-0.1, -0.05) is 19.1 Å². The average Bonchev–Trinajstić information content (AvgIpc) is 2.91. The Balaban J connectivity index is 1.85. The lowest BCUT2D eigenvalue weighted by Crippen LogP contribution is -2.45. The van der Waals surface area contributed by atoms with E-state index >= 15 is 0 Å². The number of carbonyl (C=O) groups is 2. The molecule has 1 saturated carbocycles. The minimum absolute atomic E-state index is 0.0492. The van der Waals surface area contributed by atoms with Crippen LogP contribution in [0.3, 0.4) is 0 Å². The van der Waals surface area contributed by atoms with Crippen molar-refractivity contribution in [1.82, 2.24) is 4.90 Å². The summed E-state index contributed by atoms with van der Waals surface area (Å²) in [5.41, 5.74) is -0.386. The molecule has 2 aliphatic carbocycles. The van der Waals surface area contributed by atoms with Crippen LogP contribution in [0.15, 0.2) is 12.2 Å². The first-order valence-electron chi connectivity index (χ1n) is 5.78. The molecule has 3 rings (SSSR count). The van der Waals surface area contributed by atoms with Gasteiger partial charge in [-0.15, -0.1) is 0 Å². The van der Waals surface area contributed by atoms with Crippen molar-refractivity contribution in [3.05, 3.63) is 12.2 Å². The molecule has 2 bridgehead atoms. The van der Waals surface area contributed by atoms with E-state index in [9.17, 15) is 9.59 Å². The SMILES string of the molecule is C[C@@]1(C(=O)N2CCOC2=O)C[C@@H]2C=C[C@H]1C2. The number of nitrogens with zero attached hydrogens (tertiary/aromatic N) is 1. The summed E-state index contributed by atoms with van der Waals surface area (Å²) in [6.07, 6.45) is 5.79. The first kappa shape index (κ1) is 9.87. The number of ether oxygens (including phenoxy) is 1. The smallest absolute Gasteiger partial charge is 0.416 e. The summed E-state index contributed by atoms with van der Waals surface area (Å²) in [5.74, 6) is 0.780. The van der Waals surface area contributed by atoms with Gasteiger partial charge in [-0.05, 0) is 24.7 Å². The van der Waals surface area contributed by atoms with E-state index in [0.29, 0.717) is 25.0 Å². The summed E-state index contributed by atoms with van der Waals surface area (Å²) in [7, 11) is 0. The zero-order valence-corrected chi connectivity index (χ0v) is 9.31. The van der Waals surface area contributed by atoms with Crippen molar-refractivity contribution in [1.29, 1.82) is 0 Å². The molecule has 86 valence electrons. The van der Waals surface area contributed by atoms with Crippen molar-refractivity contribution in [2.75, 3.05) is 13.2 Å². The number of rotatable bonds is 1. The molecule has 16 heavy (non-hydrogen) atoms. The van der Waals surface area contributed by atoms with Crippen LogP contribution in [0.1, 0.15) is 19.8 Å². The molecule has 0 aromatic carbocycles. The Labute approximate surface area is 94.2 Å². The highest BCUT2D eigenvalue weighted by molar-refractivity contribution is 5.96. The summed E-state index contributed by atoms with van der Waals surface area (Å²) >= 11 is 0. The van der Waals surface area contributed by atoms with E-state index in [4.69, 9.17) is 4.74 Å². The third kappa shape index (κ3) is 1.16. The molecule has 4 heteroatoms.